The Morgan fingerprint density at radius 2 is 1.44 bits per heavy atom. The fraction of sp³-hybridized carbons (Fsp3) is 0.709. The van der Waals surface area contributed by atoms with Crippen molar-refractivity contribution in [2.75, 3.05) is 20.1 Å². The summed E-state index contributed by atoms with van der Waals surface area (Å²) >= 11 is 0. The summed E-state index contributed by atoms with van der Waals surface area (Å²) in [5, 5.41) is 42.9. The van der Waals surface area contributed by atoms with E-state index in [1.54, 1.807) is 27.7 Å². The number of carbonyl (C=O) groups is 10. The third kappa shape index (κ3) is 16.9. The van der Waals surface area contributed by atoms with Crippen LogP contribution >= 0.6 is 0 Å². The van der Waals surface area contributed by atoms with E-state index in [9.17, 15) is 63.3 Å². The summed E-state index contributed by atoms with van der Waals surface area (Å²) in [6.07, 6.45) is -5.22. The zero-order chi connectivity index (χ0) is 57.7. The van der Waals surface area contributed by atoms with Crippen LogP contribution in [0, 0.1) is 29.6 Å². The Balaban J connectivity index is 1.85. The monoisotopic (exact) mass is 1080 g/mol. The van der Waals surface area contributed by atoms with Gasteiger partial charge in [0.05, 0.1) is 24.5 Å². The fourth-order valence-corrected chi connectivity index (χ4v) is 10.1. The average molecular weight is 1080 g/mol. The van der Waals surface area contributed by atoms with Gasteiger partial charge in [-0.1, -0.05) is 73.9 Å². The van der Waals surface area contributed by atoms with Gasteiger partial charge < -0.3 is 60.8 Å². The van der Waals surface area contributed by atoms with Gasteiger partial charge in [-0.3, -0.25) is 43.2 Å². The molecule has 1 aromatic carbocycles. The SMILES string of the molecule is CCC(C)C1NC(=O)C(NC(=O)C(CC(C)C)N(C)C(=O)C2CCCN2C(=O)C(C)O)C(C)OC(=O)C(Cc2ccc(O)cc2)NC(=O)C2CCCN2C(=O)C(CC(C)C)NC(=O)C(C)C(=O)C(C(C)C)OC(=O)CC1O. The van der Waals surface area contributed by atoms with Crippen LogP contribution < -0.4 is 21.3 Å². The quantitative estimate of drug-likeness (QED) is 0.103. The molecule has 0 aliphatic carbocycles. The molecule has 4 rings (SSSR count). The smallest absolute Gasteiger partial charge is 0.329 e. The van der Waals surface area contributed by atoms with Gasteiger partial charge in [-0.25, -0.2) is 4.79 Å². The predicted molar refractivity (Wildman–Crippen MR) is 281 cm³/mol. The van der Waals surface area contributed by atoms with Crippen LogP contribution in [-0.4, -0.2) is 176 Å². The first-order valence-electron chi connectivity index (χ1n) is 27.2. The molecule has 3 saturated heterocycles. The lowest BCUT2D eigenvalue weighted by Gasteiger charge is -2.36. The van der Waals surface area contributed by atoms with Crippen molar-refractivity contribution < 1.29 is 72.7 Å². The highest BCUT2D eigenvalue weighted by molar-refractivity contribution is 6.05. The molecule has 0 saturated carbocycles. The number of nitrogens with one attached hydrogen (secondary N) is 4. The number of cyclic esters (lactones) is 2. The summed E-state index contributed by atoms with van der Waals surface area (Å²) in [5.74, 6) is -11.2. The Hall–Kier alpha value is -6.16. The topological polar surface area (TPSA) is 308 Å². The molecule has 77 heavy (non-hydrogen) atoms. The minimum Gasteiger partial charge on any atom is -0.508 e. The molecular weight excluding hydrogens is 999 g/mol. The van der Waals surface area contributed by atoms with Crippen LogP contribution in [0.2, 0.25) is 0 Å². The molecule has 13 atom stereocenters. The van der Waals surface area contributed by atoms with Crippen LogP contribution in [0.4, 0.5) is 0 Å². The number of likely N-dealkylation sites (tertiary alicyclic amines) is 1. The summed E-state index contributed by atoms with van der Waals surface area (Å²) < 4.78 is 11.7. The molecule has 0 spiro atoms. The predicted octanol–water partition coefficient (Wildman–Crippen LogP) is 1.67. The molecule has 3 fully saturated rings. The molecule has 13 unspecified atom stereocenters. The van der Waals surface area contributed by atoms with E-state index in [-0.39, 0.29) is 62.8 Å². The van der Waals surface area contributed by atoms with Crippen molar-refractivity contribution in [3.05, 3.63) is 29.8 Å². The second kappa shape index (κ2) is 28.5. The number of likely N-dealkylation sites (N-methyl/N-ethyl adjacent to an activating group) is 1. The molecule has 1 aromatic rings. The molecule has 0 bridgehead atoms. The Bertz CT molecular complexity index is 2270. The minimum atomic E-state index is -1.78. The van der Waals surface area contributed by atoms with Gasteiger partial charge in [-0.05, 0) is 101 Å². The summed E-state index contributed by atoms with van der Waals surface area (Å²) in [7, 11) is 1.39. The van der Waals surface area contributed by atoms with E-state index in [1.165, 1.54) is 66.8 Å². The lowest BCUT2D eigenvalue weighted by Crippen LogP contribution is -2.62. The number of aliphatic hydroxyl groups excluding tert-OH is 2. The number of carbonyl (C=O) groups excluding carboxylic acids is 10. The number of fused-ring (bicyclic) bond motifs is 1. The molecule has 3 aliphatic rings. The fourth-order valence-electron chi connectivity index (χ4n) is 10.1. The van der Waals surface area contributed by atoms with E-state index >= 15 is 0 Å². The summed E-state index contributed by atoms with van der Waals surface area (Å²) in [4.78, 5) is 146. The van der Waals surface area contributed by atoms with Crippen LogP contribution in [0.3, 0.4) is 0 Å². The molecule has 7 N–H and O–H groups in total. The lowest BCUT2D eigenvalue weighted by atomic mass is 9.91. The van der Waals surface area contributed by atoms with Crippen molar-refractivity contribution >= 4 is 59.1 Å². The maximum Gasteiger partial charge on any atom is 0.329 e. The number of hydrogen-bond acceptors (Lipinski definition) is 15. The summed E-state index contributed by atoms with van der Waals surface area (Å²) in [6.45, 7) is 18.2. The van der Waals surface area contributed by atoms with Crippen molar-refractivity contribution in [2.24, 2.45) is 29.6 Å². The molecule has 22 heteroatoms. The largest absolute Gasteiger partial charge is 0.508 e. The number of hydrogen-bond donors (Lipinski definition) is 7. The van der Waals surface area contributed by atoms with Crippen molar-refractivity contribution in [1.82, 2.24) is 36.0 Å². The van der Waals surface area contributed by atoms with Gasteiger partial charge in [-0.15, -0.1) is 0 Å². The number of nitrogens with zero attached hydrogens (tertiary/aromatic N) is 3. The maximum absolute atomic E-state index is 14.9. The van der Waals surface area contributed by atoms with E-state index in [2.05, 4.69) is 21.3 Å². The van der Waals surface area contributed by atoms with E-state index < -0.39 is 150 Å². The number of phenols is 1. The second-order valence-corrected chi connectivity index (χ2v) is 22.4. The number of esters is 2. The highest BCUT2D eigenvalue weighted by atomic mass is 16.6. The number of aliphatic hydroxyl groups is 2. The first-order chi connectivity index (χ1) is 36.1. The van der Waals surface area contributed by atoms with Crippen LogP contribution in [0.5, 0.6) is 5.75 Å². The number of phenolic OH excluding ortho intramolecular Hbond substituents is 1. The Labute approximate surface area is 452 Å². The van der Waals surface area contributed by atoms with Gasteiger partial charge in [0.1, 0.15) is 54.2 Å². The Morgan fingerprint density at radius 3 is 2.03 bits per heavy atom. The first kappa shape index (κ1) is 63.4. The average Bonchev–Trinajstić information content (AvgIpc) is 4.07. The van der Waals surface area contributed by atoms with Crippen molar-refractivity contribution in [3.63, 3.8) is 0 Å². The third-order valence-electron chi connectivity index (χ3n) is 14.8. The Kier molecular flexibility index (Phi) is 23.4. The van der Waals surface area contributed by atoms with Crippen LogP contribution in [0.25, 0.3) is 0 Å². The standard InChI is InChI=1S/C55H85N7O15/c1-13-31(8)44-42(65)27-43(66)77-47(30(6)7)46(67)32(9)48(68)56-37(24-28(2)3)53(73)61-22-14-16-39(61)49(69)57-38(26-35-18-20-36(64)21-19-35)55(75)76-34(11)45(51(71)58-44)59-50(70)41(25-29(4)5)60(12)54(74)40-17-15-23-62(40)52(72)33(10)63/h18-21,28-34,37-42,44-45,47,63-65H,13-17,22-27H2,1-12H3,(H,56,68)(H,57,69)(H,58,71)(H,59,70). The van der Waals surface area contributed by atoms with Crippen LogP contribution in [0.15, 0.2) is 24.3 Å². The summed E-state index contributed by atoms with van der Waals surface area (Å²) in [6, 6.07) is -3.30. The third-order valence-corrected chi connectivity index (χ3v) is 14.8. The van der Waals surface area contributed by atoms with Crippen LogP contribution in [-0.2, 0) is 63.8 Å². The van der Waals surface area contributed by atoms with E-state index in [0.29, 0.717) is 24.8 Å². The number of rotatable bonds is 14. The molecule has 7 amide bonds. The molecule has 0 aromatic heterocycles. The minimum absolute atomic E-state index is 0.0620. The van der Waals surface area contributed by atoms with Crippen molar-refractivity contribution in [3.8, 4) is 5.75 Å². The zero-order valence-corrected chi connectivity index (χ0v) is 46.9. The number of Topliss-reactive ketones (excluding diaryl/α,β-unsaturated/α-hetero) is 1. The molecule has 3 heterocycles. The Morgan fingerprint density at radius 1 is 0.818 bits per heavy atom. The molecule has 22 nitrogen and oxygen atoms in total. The first-order valence-corrected chi connectivity index (χ1v) is 27.2. The molecule has 430 valence electrons. The number of aromatic hydroxyl groups is 1. The van der Waals surface area contributed by atoms with Gasteiger partial charge in [0.2, 0.25) is 35.4 Å². The van der Waals surface area contributed by atoms with E-state index in [4.69, 9.17) is 9.47 Å². The van der Waals surface area contributed by atoms with Crippen molar-refractivity contribution in [1.29, 1.82) is 0 Å². The zero-order valence-electron chi connectivity index (χ0n) is 46.9. The molecule has 0 radical (unpaired) electrons. The number of ether oxygens (including phenoxy) is 2. The molecular formula is C55H85N7O15. The number of ketones is 1. The van der Waals surface area contributed by atoms with Gasteiger partial charge in [-0.2, -0.15) is 0 Å². The van der Waals surface area contributed by atoms with Gasteiger partial charge in [0.15, 0.2) is 11.9 Å². The van der Waals surface area contributed by atoms with Gasteiger partial charge >= 0.3 is 11.9 Å². The van der Waals surface area contributed by atoms with Crippen molar-refractivity contribution in [2.45, 2.75) is 201 Å². The summed E-state index contributed by atoms with van der Waals surface area (Å²) in [5.41, 5.74) is 0.462. The number of benzene rings is 1. The molecule has 3 aliphatic heterocycles. The normalized spacial score (nSPS) is 28.0. The van der Waals surface area contributed by atoms with E-state index in [0.717, 1.165) is 0 Å². The highest BCUT2D eigenvalue weighted by Crippen LogP contribution is 2.26. The lowest BCUT2D eigenvalue weighted by molar-refractivity contribution is -0.162. The van der Waals surface area contributed by atoms with E-state index in [1.807, 2.05) is 27.7 Å². The van der Waals surface area contributed by atoms with Gasteiger partial charge in [0.25, 0.3) is 5.91 Å². The number of amides is 7. The second-order valence-electron chi connectivity index (χ2n) is 22.4. The van der Waals surface area contributed by atoms with Crippen LogP contribution in [0.1, 0.15) is 133 Å². The van der Waals surface area contributed by atoms with Gasteiger partial charge in [0, 0.05) is 26.6 Å². The highest BCUT2D eigenvalue weighted by Gasteiger charge is 2.45. The maximum atomic E-state index is 14.9.